The number of thiophene rings is 1. The highest BCUT2D eigenvalue weighted by atomic mass is 32.1. The van der Waals surface area contributed by atoms with Crippen LogP contribution in [0.1, 0.15) is 26.4 Å². The molecule has 0 spiro atoms. The third-order valence-corrected chi connectivity index (χ3v) is 5.94. The van der Waals surface area contributed by atoms with Crippen molar-refractivity contribution in [3.05, 3.63) is 94.6 Å². The molecule has 0 atom stereocenters. The average molecular weight is 421 g/mol. The zero-order valence-corrected chi connectivity index (χ0v) is 17.2. The topological polar surface area (TPSA) is 55.3 Å². The molecule has 3 aromatic heterocycles. The number of carbonyl (C=O) groups is 1. The number of nitrogens with zero attached hydrogens (tertiary/aromatic N) is 3. The fourth-order valence-corrected chi connectivity index (χ4v) is 4.58. The number of hydrogen-bond acceptors (Lipinski definition) is 5. The molecule has 3 heterocycles. The van der Waals surface area contributed by atoms with Crippen LogP contribution in [0.3, 0.4) is 0 Å². The Balaban J connectivity index is 1.75. The molecule has 7 heteroatoms. The van der Waals surface area contributed by atoms with Crippen LogP contribution < -0.4 is 0 Å². The zero-order valence-electron chi connectivity index (χ0n) is 16.4. The van der Waals surface area contributed by atoms with Gasteiger partial charge in [-0.05, 0) is 41.5 Å². The summed E-state index contributed by atoms with van der Waals surface area (Å²) in [6.07, 6.45) is 6.85. The number of rotatable bonds is 7. The summed E-state index contributed by atoms with van der Waals surface area (Å²) >= 11 is 1.30. The minimum Gasteiger partial charge on any atom is -0.380 e. The Kier molecular flexibility index (Phi) is 6.11. The van der Waals surface area contributed by atoms with E-state index in [-0.39, 0.29) is 18.3 Å². The monoisotopic (exact) mass is 421 g/mol. The molecule has 30 heavy (non-hydrogen) atoms. The number of fused-ring (bicyclic) bond motifs is 1. The molecule has 0 unspecified atom stereocenters. The number of ether oxygens (including phenoxy) is 1. The minimum absolute atomic E-state index is 0.164. The minimum atomic E-state index is -0.345. The second-order valence-corrected chi connectivity index (χ2v) is 7.89. The fourth-order valence-electron chi connectivity index (χ4n) is 3.39. The highest BCUT2D eigenvalue weighted by Crippen LogP contribution is 2.35. The van der Waals surface area contributed by atoms with Crippen molar-refractivity contribution >= 4 is 27.3 Å². The van der Waals surface area contributed by atoms with Crippen LogP contribution in [0.4, 0.5) is 4.39 Å². The van der Waals surface area contributed by atoms with Crippen LogP contribution >= 0.6 is 11.3 Å². The first-order valence-electron chi connectivity index (χ1n) is 9.43. The number of methoxy groups -OCH3 is 1. The molecule has 0 saturated heterocycles. The van der Waals surface area contributed by atoms with Crippen LogP contribution in [0, 0.1) is 5.82 Å². The molecule has 4 aromatic rings. The van der Waals surface area contributed by atoms with Crippen molar-refractivity contribution in [3.63, 3.8) is 0 Å². The van der Waals surface area contributed by atoms with Gasteiger partial charge >= 0.3 is 0 Å². The van der Waals surface area contributed by atoms with Crippen LogP contribution in [-0.2, 0) is 24.4 Å². The van der Waals surface area contributed by atoms with Crippen LogP contribution in [0.25, 0.3) is 10.1 Å². The van der Waals surface area contributed by atoms with E-state index in [1.54, 1.807) is 42.9 Å². The smallest absolute Gasteiger partial charge is 0.264 e. The largest absolute Gasteiger partial charge is 0.380 e. The molecule has 0 saturated carbocycles. The van der Waals surface area contributed by atoms with Crippen LogP contribution in [-0.4, -0.2) is 27.9 Å². The molecular weight excluding hydrogens is 401 g/mol. The Hall–Kier alpha value is -3.16. The number of carbonyl (C=O) groups excluding carboxylic acids is 1. The van der Waals surface area contributed by atoms with E-state index in [1.165, 1.54) is 17.4 Å². The second kappa shape index (κ2) is 9.11. The number of halogens is 1. The van der Waals surface area contributed by atoms with Crippen molar-refractivity contribution in [2.75, 3.05) is 7.11 Å². The van der Waals surface area contributed by atoms with Gasteiger partial charge in [0.25, 0.3) is 5.91 Å². The van der Waals surface area contributed by atoms with Crippen molar-refractivity contribution in [1.29, 1.82) is 0 Å². The third-order valence-electron chi connectivity index (χ3n) is 4.75. The zero-order chi connectivity index (χ0) is 20.9. The van der Waals surface area contributed by atoms with E-state index >= 15 is 0 Å². The third kappa shape index (κ3) is 4.22. The van der Waals surface area contributed by atoms with Gasteiger partial charge in [0.15, 0.2) is 0 Å². The van der Waals surface area contributed by atoms with Crippen LogP contribution in [0.5, 0.6) is 0 Å². The van der Waals surface area contributed by atoms with E-state index in [4.69, 9.17) is 4.74 Å². The number of benzene rings is 1. The molecule has 0 aliphatic rings. The standard InChI is InChI=1S/C23H20FN3O2S/c1-29-15-18-21-19(24)5-2-6-20(21)30-22(18)23(28)27(13-16-7-10-25-11-8-16)14-17-4-3-9-26-12-17/h2-12H,13-15H2,1H3. The summed E-state index contributed by atoms with van der Waals surface area (Å²) in [5, 5.41) is 0.456. The van der Waals surface area contributed by atoms with E-state index in [9.17, 15) is 9.18 Å². The van der Waals surface area contributed by atoms with Crippen molar-refractivity contribution in [2.45, 2.75) is 19.7 Å². The van der Waals surface area contributed by atoms with Crippen molar-refractivity contribution < 1.29 is 13.9 Å². The molecule has 0 N–H and O–H groups in total. The summed E-state index contributed by atoms with van der Waals surface area (Å²) in [4.78, 5) is 24.1. The van der Waals surface area contributed by atoms with Crippen LogP contribution in [0.15, 0.2) is 67.3 Å². The lowest BCUT2D eigenvalue weighted by Crippen LogP contribution is -2.30. The summed E-state index contributed by atoms with van der Waals surface area (Å²) in [6, 6.07) is 12.4. The number of hydrogen-bond donors (Lipinski definition) is 0. The summed E-state index contributed by atoms with van der Waals surface area (Å²) in [5.74, 6) is -0.508. The highest BCUT2D eigenvalue weighted by Gasteiger charge is 2.25. The van der Waals surface area contributed by atoms with Gasteiger partial charge in [-0.1, -0.05) is 12.1 Å². The van der Waals surface area contributed by atoms with Gasteiger partial charge in [0.1, 0.15) is 5.82 Å². The normalized spacial score (nSPS) is 11.0. The molecule has 0 fully saturated rings. The SMILES string of the molecule is COCc1c(C(=O)N(Cc2ccncc2)Cc2cccnc2)sc2cccc(F)c12. The van der Waals surface area contributed by atoms with E-state index in [1.807, 2.05) is 30.3 Å². The summed E-state index contributed by atoms with van der Waals surface area (Å²) in [7, 11) is 1.54. The number of pyridine rings is 2. The van der Waals surface area contributed by atoms with Gasteiger partial charge < -0.3 is 9.64 Å². The van der Waals surface area contributed by atoms with Crippen molar-refractivity contribution in [2.24, 2.45) is 0 Å². The second-order valence-electron chi connectivity index (χ2n) is 6.83. The first-order chi connectivity index (χ1) is 14.7. The predicted octanol–water partition coefficient (Wildman–Crippen LogP) is 4.82. The summed E-state index contributed by atoms with van der Waals surface area (Å²) in [5.41, 5.74) is 2.47. The quantitative estimate of drug-likeness (QED) is 0.429. The van der Waals surface area contributed by atoms with Crippen LogP contribution in [0.2, 0.25) is 0 Å². The lowest BCUT2D eigenvalue weighted by atomic mass is 10.1. The maximum atomic E-state index is 14.6. The Morgan fingerprint density at radius 2 is 1.83 bits per heavy atom. The van der Waals surface area contributed by atoms with Gasteiger partial charge in [-0.25, -0.2) is 4.39 Å². The first kappa shape index (κ1) is 20.1. The van der Waals surface area contributed by atoms with Gasteiger partial charge in [0, 0.05) is 60.6 Å². The van der Waals surface area contributed by atoms with Gasteiger partial charge in [-0.3, -0.25) is 14.8 Å². The van der Waals surface area contributed by atoms with Gasteiger partial charge in [0.2, 0.25) is 0 Å². The fraction of sp³-hybridized carbons (Fsp3) is 0.174. The van der Waals surface area contributed by atoms with Gasteiger partial charge in [0.05, 0.1) is 11.5 Å². The highest BCUT2D eigenvalue weighted by molar-refractivity contribution is 7.21. The van der Waals surface area contributed by atoms with E-state index in [0.717, 1.165) is 15.8 Å². The number of amides is 1. The van der Waals surface area contributed by atoms with E-state index < -0.39 is 0 Å². The molecule has 1 aromatic carbocycles. The molecule has 0 aliphatic heterocycles. The molecule has 5 nitrogen and oxygen atoms in total. The maximum absolute atomic E-state index is 14.6. The molecule has 0 bridgehead atoms. The maximum Gasteiger partial charge on any atom is 0.264 e. The first-order valence-corrected chi connectivity index (χ1v) is 10.2. The Morgan fingerprint density at radius 3 is 2.57 bits per heavy atom. The molecule has 152 valence electrons. The van der Waals surface area contributed by atoms with Gasteiger partial charge in [-0.2, -0.15) is 0 Å². The lowest BCUT2D eigenvalue weighted by Gasteiger charge is -2.23. The summed E-state index contributed by atoms with van der Waals surface area (Å²) in [6.45, 7) is 0.954. The van der Waals surface area contributed by atoms with Crippen molar-refractivity contribution in [1.82, 2.24) is 14.9 Å². The molecular formula is C23H20FN3O2S. The van der Waals surface area contributed by atoms with Crippen molar-refractivity contribution in [3.8, 4) is 0 Å². The Labute approximate surface area is 177 Å². The molecule has 4 rings (SSSR count). The Bertz CT molecular complexity index is 1110. The Morgan fingerprint density at radius 1 is 1.03 bits per heavy atom. The molecule has 0 aliphatic carbocycles. The molecule has 1 amide bonds. The van der Waals surface area contributed by atoms with E-state index in [0.29, 0.717) is 28.9 Å². The molecule has 0 radical (unpaired) electrons. The lowest BCUT2D eigenvalue weighted by molar-refractivity contribution is 0.0730. The number of aromatic nitrogens is 2. The average Bonchev–Trinajstić information content (AvgIpc) is 3.14. The van der Waals surface area contributed by atoms with Gasteiger partial charge in [-0.15, -0.1) is 11.3 Å². The summed E-state index contributed by atoms with van der Waals surface area (Å²) < 4.78 is 20.6. The van der Waals surface area contributed by atoms with E-state index in [2.05, 4.69) is 9.97 Å². The predicted molar refractivity (Wildman–Crippen MR) is 115 cm³/mol.